The number of anilines is 1. The van der Waals surface area contributed by atoms with Crippen molar-refractivity contribution in [3.63, 3.8) is 0 Å². The van der Waals surface area contributed by atoms with Gasteiger partial charge in [-0.15, -0.1) is 0 Å². The lowest BCUT2D eigenvalue weighted by atomic mass is 9.81. The number of carbonyl (C=O) groups is 2. The molecule has 25 heavy (non-hydrogen) atoms. The fourth-order valence-electron chi connectivity index (χ4n) is 4.05. The van der Waals surface area contributed by atoms with Crippen LogP contribution in [0.25, 0.3) is 0 Å². The van der Waals surface area contributed by atoms with Crippen molar-refractivity contribution in [2.75, 3.05) is 18.4 Å². The van der Waals surface area contributed by atoms with Crippen molar-refractivity contribution in [2.24, 2.45) is 11.3 Å². The third kappa shape index (κ3) is 3.09. The van der Waals surface area contributed by atoms with Gasteiger partial charge in [-0.1, -0.05) is 6.42 Å². The molecule has 3 atom stereocenters. The molecule has 3 rings (SSSR count). The Hall–Kier alpha value is -2.48. The van der Waals surface area contributed by atoms with Crippen LogP contribution in [-0.2, 0) is 9.59 Å². The number of aliphatic carboxylic acids is 1. The summed E-state index contributed by atoms with van der Waals surface area (Å²) in [7, 11) is 0. The minimum absolute atomic E-state index is 0.0400. The van der Waals surface area contributed by atoms with Gasteiger partial charge in [-0.05, 0) is 37.8 Å². The van der Waals surface area contributed by atoms with E-state index in [-0.39, 0.29) is 17.5 Å². The molecule has 8 heteroatoms. The molecular weight excluding hydrogens is 326 g/mol. The molecular formula is C17H21N3O5. The Morgan fingerprint density at radius 1 is 1.40 bits per heavy atom. The molecule has 2 aliphatic rings. The molecule has 1 saturated carbocycles. The van der Waals surface area contributed by atoms with Gasteiger partial charge >= 0.3 is 5.97 Å². The van der Waals surface area contributed by atoms with Crippen molar-refractivity contribution in [3.8, 4) is 0 Å². The Bertz CT molecular complexity index is 705. The molecule has 2 fully saturated rings. The van der Waals surface area contributed by atoms with E-state index in [4.69, 9.17) is 0 Å². The highest BCUT2D eigenvalue weighted by molar-refractivity contribution is 5.94. The summed E-state index contributed by atoms with van der Waals surface area (Å²) in [5.74, 6) is -0.908. The van der Waals surface area contributed by atoms with Gasteiger partial charge in [-0.2, -0.15) is 0 Å². The first-order valence-corrected chi connectivity index (χ1v) is 8.36. The second-order valence-corrected chi connectivity index (χ2v) is 6.95. The monoisotopic (exact) mass is 347 g/mol. The van der Waals surface area contributed by atoms with Crippen molar-refractivity contribution < 1.29 is 19.6 Å². The lowest BCUT2D eigenvalue weighted by Crippen LogP contribution is -2.43. The van der Waals surface area contributed by atoms with Crippen molar-refractivity contribution in [3.05, 3.63) is 34.4 Å². The first kappa shape index (κ1) is 17.3. The largest absolute Gasteiger partial charge is 0.481 e. The maximum Gasteiger partial charge on any atom is 0.311 e. The molecule has 2 N–H and O–H groups in total. The second-order valence-electron chi connectivity index (χ2n) is 6.95. The van der Waals surface area contributed by atoms with E-state index in [0.29, 0.717) is 25.2 Å². The number of nitro groups is 1. The highest BCUT2D eigenvalue weighted by Crippen LogP contribution is 2.49. The number of carbonyl (C=O) groups excluding carboxylic acids is 1. The normalized spacial score (nSPS) is 26.8. The van der Waals surface area contributed by atoms with Crippen LogP contribution in [0.2, 0.25) is 0 Å². The molecule has 1 saturated heterocycles. The molecule has 1 amide bonds. The number of fused-ring (bicyclic) bond motifs is 1. The van der Waals surface area contributed by atoms with Crippen LogP contribution >= 0.6 is 0 Å². The van der Waals surface area contributed by atoms with Crippen molar-refractivity contribution in [1.82, 2.24) is 4.90 Å². The van der Waals surface area contributed by atoms with Gasteiger partial charge in [0.2, 0.25) is 5.91 Å². The standard InChI is InChI=1S/C17H21N3O5/c1-11(15(21)18-13-4-6-14(7-5-13)20(24)25)19-9-12-3-2-8-17(12,10-19)16(22)23/h4-7,11-12H,2-3,8-10H2,1H3,(H,18,21)(H,22,23)/t11?,12-,17+/m0/s1. The zero-order chi connectivity index (χ0) is 18.2. The van der Waals surface area contributed by atoms with Gasteiger partial charge in [-0.3, -0.25) is 24.6 Å². The molecule has 0 aromatic heterocycles. The van der Waals surface area contributed by atoms with Crippen molar-refractivity contribution in [1.29, 1.82) is 0 Å². The molecule has 1 aliphatic carbocycles. The highest BCUT2D eigenvalue weighted by Gasteiger charge is 2.55. The van der Waals surface area contributed by atoms with Crippen LogP contribution in [0.3, 0.4) is 0 Å². The third-order valence-electron chi connectivity index (χ3n) is 5.60. The zero-order valence-electron chi connectivity index (χ0n) is 14.0. The van der Waals surface area contributed by atoms with Gasteiger partial charge in [0.1, 0.15) is 0 Å². The molecule has 134 valence electrons. The molecule has 0 radical (unpaired) electrons. The molecule has 1 aliphatic heterocycles. The summed E-state index contributed by atoms with van der Waals surface area (Å²) in [6.07, 6.45) is 2.48. The predicted octanol–water partition coefficient (Wildman–Crippen LogP) is 2.11. The van der Waals surface area contributed by atoms with Crippen LogP contribution in [0.4, 0.5) is 11.4 Å². The number of benzene rings is 1. The van der Waals surface area contributed by atoms with Gasteiger partial charge in [0.25, 0.3) is 5.69 Å². The maximum atomic E-state index is 12.5. The maximum absolute atomic E-state index is 12.5. The fraction of sp³-hybridized carbons (Fsp3) is 0.529. The van der Waals surface area contributed by atoms with E-state index in [2.05, 4.69) is 5.32 Å². The summed E-state index contributed by atoms with van der Waals surface area (Å²) in [5, 5.41) is 23.0. The number of amides is 1. The fourth-order valence-corrected chi connectivity index (χ4v) is 4.05. The Kier molecular flexibility index (Phi) is 4.47. The summed E-state index contributed by atoms with van der Waals surface area (Å²) < 4.78 is 0. The van der Waals surface area contributed by atoms with Crippen LogP contribution in [0.1, 0.15) is 26.2 Å². The van der Waals surface area contributed by atoms with Crippen LogP contribution < -0.4 is 5.32 Å². The third-order valence-corrected chi connectivity index (χ3v) is 5.60. The predicted molar refractivity (Wildman–Crippen MR) is 90.2 cm³/mol. The molecule has 1 heterocycles. The van der Waals surface area contributed by atoms with E-state index in [1.165, 1.54) is 24.3 Å². The van der Waals surface area contributed by atoms with Gasteiger partial charge in [0.15, 0.2) is 0 Å². The summed E-state index contributed by atoms with van der Waals surface area (Å²) in [6.45, 7) is 2.76. The quantitative estimate of drug-likeness (QED) is 0.623. The van der Waals surface area contributed by atoms with Crippen LogP contribution in [0, 0.1) is 21.4 Å². The van der Waals surface area contributed by atoms with Crippen LogP contribution in [-0.4, -0.2) is 45.9 Å². The van der Waals surface area contributed by atoms with Crippen molar-refractivity contribution >= 4 is 23.3 Å². The average molecular weight is 347 g/mol. The molecule has 8 nitrogen and oxygen atoms in total. The van der Waals surface area contributed by atoms with Gasteiger partial charge in [-0.25, -0.2) is 0 Å². The second kappa shape index (κ2) is 6.44. The number of nitrogens with zero attached hydrogens (tertiary/aromatic N) is 2. The number of non-ortho nitro benzene ring substituents is 1. The van der Waals surface area contributed by atoms with Crippen LogP contribution in [0.5, 0.6) is 0 Å². The number of likely N-dealkylation sites (tertiary alicyclic amines) is 1. The number of rotatable bonds is 5. The first-order chi connectivity index (χ1) is 11.8. The summed E-state index contributed by atoms with van der Waals surface area (Å²) >= 11 is 0. The van der Waals surface area contributed by atoms with E-state index in [1.807, 2.05) is 4.90 Å². The van der Waals surface area contributed by atoms with Gasteiger partial charge in [0, 0.05) is 30.9 Å². The highest BCUT2D eigenvalue weighted by atomic mass is 16.6. The molecule has 1 aromatic carbocycles. The van der Waals surface area contributed by atoms with E-state index in [1.54, 1.807) is 6.92 Å². The lowest BCUT2D eigenvalue weighted by molar-refractivity contribution is -0.384. The van der Waals surface area contributed by atoms with Crippen molar-refractivity contribution in [2.45, 2.75) is 32.2 Å². The molecule has 1 aromatic rings. The number of hydrogen-bond donors (Lipinski definition) is 2. The van der Waals surface area contributed by atoms with E-state index < -0.39 is 22.3 Å². The Morgan fingerprint density at radius 3 is 2.64 bits per heavy atom. The smallest absolute Gasteiger partial charge is 0.311 e. The van der Waals surface area contributed by atoms with E-state index in [9.17, 15) is 24.8 Å². The number of nitrogens with one attached hydrogen (secondary N) is 1. The Balaban J connectivity index is 1.65. The minimum Gasteiger partial charge on any atom is -0.481 e. The van der Waals surface area contributed by atoms with E-state index >= 15 is 0 Å². The molecule has 0 bridgehead atoms. The first-order valence-electron chi connectivity index (χ1n) is 8.36. The topological polar surface area (TPSA) is 113 Å². The Labute approximate surface area is 145 Å². The molecule has 1 unspecified atom stereocenters. The van der Waals surface area contributed by atoms with E-state index in [0.717, 1.165) is 12.8 Å². The summed E-state index contributed by atoms with van der Waals surface area (Å²) in [4.78, 5) is 36.3. The summed E-state index contributed by atoms with van der Waals surface area (Å²) in [6, 6.07) is 5.18. The van der Waals surface area contributed by atoms with Gasteiger partial charge in [0.05, 0.1) is 16.4 Å². The summed E-state index contributed by atoms with van der Waals surface area (Å²) in [5.41, 5.74) is -0.279. The van der Waals surface area contributed by atoms with Gasteiger partial charge < -0.3 is 10.4 Å². The van der Waals surface area contributed by atoms with Crippen LogP contribution in [0.15, 0.2) is 24.3 Å². The average Bonchev–Trinajstić information content (AvgIpc) is 3.12. The minimum atomic E-state index is -0.763. The number of nitro benzene ring substituents is 1. The lowest BCUT2D eigenvalue weighted by Gasteiger charge is -2.26. The zero-order valence-corrected chi connectivity index (χ0v) is 14.0. The molecule has 0 spiro atoms. The number of carboxylic acid groups (broad SMARTS) is 1. The number of hydrogen-bond acceptors (Lipinski definition) is 5. The SMILES string of the molecule is CC(C(=O)Nc1ccc([N+](=O)[O-])cc1)N1C[C@@H]2CCC[C@@]2(C(=O)O)C1. The Morgan fingerprint density at radius 2 is 2.08 bits per heavy atom. The number of carboxylic acids is 1.